The maximum atomic E-state index is 5.73. The monoisotopic (exact) mass is 130 g/mol. The lowest BCUT2D eigenvalue weighted by Gasteiger charge is -2.00. The van der Waals surface area contributed by atoms with Gasteiger partial charge in [-0.05, 0) is 12.8 Å². The molecule has 0 bridgehead atoms. The summed E-state index contributed by atoms with van der Waals surface area (Å²) in [6.07, 6.45) is 5.90. The van der Waals surface area contributed by atoms with E-state index in [1.54, 1.807) is 6.20 Å². The summed E-state index contributed by atoms with van der Waals surface area (Å²) in [4.78, 5) is 0. The number of nitrogens with one attached hydrogen (secondary N) is 1. The molecule has 1 aromatic rings. The van der Waals surface area contributed by atoms with Crippen molar-refractivity contribution in [1.82, 2.24) is 10.2 Å². The third-order valence-electron chi connectivity index (χ3n) is 1.78. The molecule has 0 aliphatic heterocycles. The zero-order chi connectivity index (χ0) is 6.97. The van der Waals surface area contributed by atoms with E-state index >= 15 is 0 Å². The zero-order valence-corrected chi connectivity index (χ0v) is 5.59. The Labute approximate surface area is 60.1 Å². The van der Waals surface area contributed by atoms with Gasteiger partial charge in [-0.25, -0.2) is 0 Å². The summed E-state index contributed by atoms with van der Waals surface area (Å²) >= 11 is 0. The Hall–Kier alpha value is -0.985. The van der Waals surface area contributed by atoms with E-state index in [1.807, 2.05) is 0 Å². The average Bonchev–Trinajstić information content (AvgIpc) is 2.36. The molecule has 1 heterocycles. The van der Waals surface area contributed by atoms with Crippen molar-refractivity contribution in [1.29, 1.82) is 0 Å². The molecular weight excluding hydrogens is 123 g/mol. The summed E-state index contributed by atoms with van der Waals surface area (Å²) in [5, 5.41) is 8.93. The molecule has 0 saturated heterocycles. The first-order chi connectivity index (χ1) is 4.88. The lowest BCUT2D eigenvalue weighted by Crippen LogP contribution is -2.27. The topological polar surface area (TPSA) is 28.7 Å². The van der Waals surface area contributed by atoms with E-state index in [1.165, 1.54) is 0 Å². The molecule has 0 saturated carbocycles. The van der Waals surface area contributed by atoms with Gasteiger partial charge in [0.25, 0.3) is 0 Å². The number of nitrogens with zero attached hydrogens (tertiary/aromatic N) is 1. The Morgan fingerprint density at radius 3 is 3.30 bits per heavy atom. The predicted molar refractivity (Wildman–Crippen MR) is 40.7 cm³/mol. The Morgan fingerprint density at radius 2 is 2.50 bits per heavy atom. The van der Waals surface area contributed by atoms with Crippen LogP contribution in [-0.2, 0) is 0 Å². The molecule has 0 amide bonds. The van der Waals surface area contributed by atoms with E-state index < -0.39 is 0 Å². The quantitative estimate of drug-likeness (QED) is 0.460. The molecule has 1 aromatic heterocycles. The lowest BCUT2D eigenvalue weighted by atomic mass is 9.87. The number of hydrogen-bond acceptors (Lipinski definition) is 1. The van der Waals surface area contributed by atoms with Crippen molar-refractivity contribution < 1.29 is 0 Å². The van der Waals surface area contributed by atoms with Gasteiger partial charge in [0.15, 0.2) is 0 Å². The minimum absolute atomic E-state index is 0.950. The van der Waals surface area contributed by atoms with Gasteiger partial charge in [-0.2, -0.15) is 5.10 Å². The fraction of sp³-hybridized carbons (Fsp3) is 0.286. The number of hydrogen-bond donors (Lipinski definition) is 1. The van der Waals surface area contributed by atoms with Crippen LogP contribution >= 0.6 is 0 Å². The summed E-state index contributed by atoms with van der Waals surface area (Å²) in [6.45, 7) is 0. The first-order valence-corrected chi connectivity index (χ1v) is 3.36. The van der Waals surface area contributed by atoms with Crippen LogP contribution in [0.4, 0.5) is 0 Å². The molecule has 1 aliphatic rings. The van der Waals surface area contributed by atoms with Gasteiger partial charge in [0.05, 0.1) is 11.5 Å². The summed E-state index contributed by atoms with van der Waals surface area (Å²) in [6, 6.07) is 0. The second kappa shape index (κ2) is 2.01. The van der Waals surface area contributed by atoms with Gasteiger partial charge in [-0.1, -0.05) is 6.08 Å². The summed E-state index contributed by atoms with van der Waals surface area (Å²) in [5.41, 5.74) is 0.950. The molecule has 2 nitrogen and oxygen atoms in total. The fourth-order valence-electron chi connectivity index (χ4n) is 1.21. The Balaban J connectivity index is 2.91. The summed E-state index contributed by atoms with van der Waals surface area (Å²) in [7, 11) is 5.73. The van der Waals surface area contributed by atoms with Crippen LogP contribution in [0.5, 0.6) is 0 Å². The van der Waals surface area contributed by atoms with E-state index in [4.69, 9.17) is 7.85 Å². The molecule has 0 fully saturated rings. The number of aromatic amines is 1. The van der Waals surface area contributed by atoms with Crippen LogP contribution in [0.2, 0.25) is 0 Å². The molecule has 1 N–H and O–H groups in total. The van der Waals surface area contributed by atoms with Gasteiger partial charge < -0.3 is 0 Å². The summed E-state index contributed by atoms with van der Waals surface area (Å²) < 4.78 is 0. The molecule has 3 heteroatoms. The standard InChI is InChI=1S/C7H7BN2/c8-6-2-1-3-7-5(6)4-9-10-7/h3-4,10H,1-2H2. The highest BCUT2D eigenvalue weighted by Crippen LogP contribution is 2.01. The normalized spacial score (nSPS) is 16.2. The average molecular weight is 130 g/mol. The Morgan fingerprint density at radius 1 is 1.60 bits per heavy atom. The van der Waals surface area contributed by atoms with Crippen molar-refractivity contribution in [3.05, 3.63) is 16.8 Å². The van der Waals surface area contributed by atoms with Crippen molar-refractivity contribution in [3.8, 4) is 0 Å². The molecule has 1 aliphatic carbocycles. The molecule has 10 heavy (non-hydrogen) atoms. The largest absolute Gasteiger partial charge is 0.278 e. The number of H-pyrrole nitrogens is 1. The number of fused-ring (bicyclic) bond motifs is 1. The highest BCUT2D eigenvalue weighted by atomic mass is 15.1. The molecular formula is C7H7BN2. The van der Waals surface area contributed by atoms with E-state index in [0.29, 0.717) is 0 Å². The third kappa shape index (κ3) is 0.702. The molecule has 0 aromatic carbocycles. The molecule has 0 unspecified atom stereocenters. The van der Waals surface area contributed by atoms with Crippen molar-refractivity contribution in [2.45, 2.75) is 12.8 Å². The molecule has 48 valence electrons. The van der Waals surface area contributed by atoms with E-state index in [-0.39, 0.29) is 0 Å². The van der Waals surface area contributed by atoms with Gasteiger partial charge in [0, 0.05) is 5.22 Å². The minimum atomic E-state index is 0.950. The number of aromatic nitrogens is 2. The van der Waals surface area contributed by atoms with Crippen molar-refractivity contribution >= 4 is 19.4 Å². The zero-order valence-electron chi connectivity index (χ0n) is 5.59. The van der Waals surface area contributed by atoms with Crippen LogP contribution in [0.15, 0.2) is 6.20 Å². The maximum absolute atomic E-state index is 5.73. The lowest BCUT2D eigenvalue weighted by molar-refractivity contribution is 1.03. The van der Waals surface area contributed by atoms with Crippen molar-refractivity contribution in [2.24, 2.45) is 0 Å². The first kappa shape index (κ1) is 5.77. The van der Waals surface area contributed by atoms with Crippen LogP contribution in [0.25, 0.3) is 11.5 Å². The van der Waals surface area contributed by atoms with Crippen LogP contribution in [0, 0.1) is 0 Å². The predicted octanol–water partition coefficient (Wildman–Crippen LogP) is -0.739. The Bertz CT molecular complexity index is 350. The maximum Gasteiger partial charge on any atom is 0.108 e. The summed E-state index contributed by atoms with van der Waals surface area (Å²) in [5.74, 6) is 0. The van der Waals surface area contributed by atoms with Crippen LogP contribution < -0.4 is 10.6 Å². The Kier molecular flexibility index (Phi) is 1.16. The molecule has 2 rings (SSSR count). The van der Waals surface area contributed by atoms with Crippen LogP contribution in [0.1, 0.15) is 12.8 Å². The van der Waals surface area contributed by atoms with Gasteiger partial charge in [-0.3, -0.25) is 5.10 Å². The number of rotatable bonds is 0. The molecule has 0 atom stereocenters. The van der Waals surface area contributed by atoms with Crippen LogP contribution in [0.3, 0.4) is 0 Å². The first-order valence-electron chi connectivity index (χ1n) is 3.36. The SMILES string of the molecule is [B]C1=c2cn[nH]c2=CCC1. The highest BCUT2D eigenvalue weighted by Gasteiger charge is 1.98. The van der Waals surface area contributed by atoms with Gasteiger partial charge >= 0.3 is 0 Å². The second-order valence-corrected chi connectivity index (χ2v) is 2.47. The van der Waals surface area contributed by atoms with Gasteiger partial charge in [-0.15, -0.1) is 5.47 Å². The minimum Gasteiger partial charge on any atom is -0.278 e. The van der Waals surface area contributed by atoms with Gasteiger partial charge in [0.2, 0.25) is 0 Å². The molecule has 2 radical (unpaired) electrons. The highest BCUT2D eigenvalue weighted by molar-refractivity contribution is 6.38. The van der Waals surface area contributed by atoms with E-state index in [9.17, 15) is 0 Å². The second-order valence-electron chi connectivity index (χ2n) is 2.47. The third-order valence-corrected chi connectivity index (χ3v) is 1.78. The van der Waals surface area contributed by atoms with E-state index in [2.05, 4.69) is 16.3 Å². The van der Waals surface area contributed by atoms with Crippen molar-refractivity contribution in [3.63, 3.8) is 0 Å². The van der Waals surface area contributed by atoms with Gasteiger partial charge in [0.1, 0.15) is 7.85 Å². The van der Waals surface area contributed by atoms with E-state index in [0.717, 1.165) is 28.9 Å². The van der Waals surface area contributed by atoms with Crippen molar-refractivity contribution in [2.75, 3.05) is 0 Å². The smallest absolute Gasteiger partial charge is 0.108 e. The van der Waals surface area contributed by atoms with Crippen LogP contribution in [-0.4, -0.2) is 18.0 Å². The molecule has 0 spiro atoms. The fourth-order valence-corrected chi connectivity index (χ4v) is 1.21.